The molecule has 0 N–H and O–H groups in total. The number of aromatic nitrogens is 1. The molecule has 6 nitrogen and oxygen atoms in total. The molecule has 190 valence electrons. The molecule has 4 aromatic rings. The second-order valence-corrected chi connectivity index (χ2v) is 9.55. The van der Waals surface area contributed by atoms with Gasteiger partial charge in [-0.25, -0.2) is 14.2 Å². The van der Waals surface area contributed by atoms with Crippen LogP contribution in [0.4, 0.5) is 4.39 Å². The van der Waals surface area contributed by atoms with Gasteiger partial charge < -0.3 is 9.47 Å². The number of esters is 1. The summed E-state index contributed by atoms with van der Waals surface area (Å²) in [6.07, 6.45) is 7.19. The first-order valence-electron chi connectivity index (χ1n) is 12.0. The van der Waals surface area contributed by atoms with Crippen LogP contribution in [-0.4, -0.2) is 23.8 Å². The van der Waals surface area contributed by atoms with Gasteiger partial charge in [0.15, 0.2) is 4.80 Å². The number of ether oxygens (including phenoxy) is 2. The van der Waals surface area contributed by atoms with E-state index in [0.29, 0.717) is 31.9 Å². The number of halogens is 1. The maximum Gasteiger partial charge on any atom is 0.338 e. The van der Waals surface area contributed by atoms with Gasteiger partial charge in [-0.1, -0.05) is 59.7 Å². The summed E-state index contributed by atoms with van der Waals surface area (Å²) in [7, 11) is 0. The van der Waals surface area contributed by atoms with E-state index in [1.54, 1.807) is 32.1 Å². The monoisotopic (exact) mass is 526 g/mol. The molecule has 2 heterocycles. The lowest BCUT2D eigenvalue weighted by Crippen LogP contribution is -2.39. The van der Waals surface area contributed by atoms with Crippen LogP contribution >= 0.6 is 11.3 Å². The molecular formula is C30H23FN2O4S. The molecule has 0 bridgehead atoms. The summed E-state index contributed by atoms with van der Waals surface area (Å²) < 4.78 is 26.7. The van der Waals surface area contributed by atoms with Gasteiger partial charge >= 0.3 is 5.97 Å². The summed E-state index contributed by atoms with van der Waals surface area (Å²) in [5.74, 6) is 2.03. The molecule has 5 rings (SSSR count). The third kappa shape index (κ3) is 4.53. The zero-order valence-corrected chi connectivity index (χ0v) is 21.5. The van der Waals surface area contributed by atoms with Crippen LogP contribution in [0.5, 0.6) is 5.75 Å². The molecule has 0 saturated heterocycles. The number of nitrogens with zero attached hydrogens (tertiary/aromatic N) is 2. The molecule has 0 spiro atoms. The summed E-state index contributed by atoms with van der Waals surface area (Å²) in [5, 5.41) is 1.87. The first-order valence-corrected chi connectivity index (χ1v) is 12.8. The molecule has 1 aliphatic rings. The first kappa shape index (κ1) is 25.2. The molecular weight excluding hydrogens is 503 g/mol. The number of hydrogen-bond acceptors (Lipinski definition) is 6. The topological polar surface area (TPSA) is 69.9 Å². The number of fused-ring (bicyclic) bond motifs is 2. The van der Waals surface area contributed by atoms with Crippen molar-refractivity contribution in [3.8, 4) is 18.1 Å². The average Bonchev–Trinajstić information content (AvgIpc) is 3.22. The maximum atomic E-state index is 13.9. The number of thiazole rings is 1. The van der Waals surface area contributed by atoms with Crippen LogP contribution in [0.3, 0.4) is 0 Å². The highest BCUT2D eigenvalue weighted by Crippen LogP contribution is 2.31. The zero-order valence-electron chi connectivity index (χ0n) is 20.7. The van der Waals surface area contributed by atoms with Crippen molar-refractivity contribution >= 4 is 34.2 Å². The molecule has 38 heavy (non-hydrogen) atoms. The molecule has 0 amide bonds. The van der Waals surface area contributed by atoms with Crippen LogP contribution in [0, 0.1) is 18.2 Å². The van der Waals surface area contributed by atoms with E-state index < -0.39 is 17.8 Å². The lowest BCUT2D eigenvalue weighted by Gasteiger charge is -2.24. The zero-order chi connectivity index (χ0) is 26.8. The van der Waals surface area contributed by atoms with E-state index in [0.717, 1.165) is 10.8 Å². The van der Waals surface area contributed by atoms with Crippen molar-refractivity contribution in [2.75, 3.05) is 13.2 Å². The van der Waals surface area contributed by atoms with Crippen LogP contribution in [0.15, 0.2) is 81.7 Å². The first-order chi connectivity index (χ1) is 18.4. The molecule has 0 aliphatic carbocycles. The van der Waals surface area contributed by atoms with Crippen molar-refractivity contribution in [1.29, 1.82) is 0 Å². The fourth-order valence-corrected chi connectivity index (χ4v) is 5.58. The molecule has 8 heteroatoms. The van der Waals surface area contributed by atoms with Crippen LogP contribution in [0.1, 0.15) is 31.0 Å². The van der Waals surface area contributed by atoms with Crippen molar-refractivity contribution in [2.24, 2.45) is 4.99 Å². The van der Waals surface area contributed by atoms with Crippen LogP contribution in [0.2, 0.25) is 0 Å². The van der Waals surface area contributed by atoms with Gasteiger partial charge in [0.2, 0.25) is 0 Å². The normalized spacial score (nSPS) is 15.1. The quantitative estimate of drug-likeness (QED) is 0.280. The van der Waals surface area contributed by atoms with Gasteiger partial charge in [-0.3, -0.25) is 9.36 Å². The molecule has 1 aromatic heterocycles. The third-order valence-electron chi connectivity index (χ3n) is 6.22. The Morgan fingerprint density at radius 2 is 1.95 bits per heavy atom. The molecule has 0 saturated carbocycles. The highest BCUT2D eigenvalue weighted by Gasteiger charge is 2.33. The van der Waals surface area contributed by atoms with Crippen LogP contribution < -0.4 is 19.6 Å². The van der Waals surface area contributed by atoms with E-state index in [4.69, 9.17) is 15.9 Å². The van der Waals surface area contributed by atoms with Crippen molar-refractivity contribution < 1.29 is 18.7 Å². The Labute approximate surface area is 222 Å². The average molecular weight is 527 g/mol. The highest BCUT2D eigenvalue weighted by atomic mass is 32.1. The summed E-state index contributed by atoms with van der Waals surface area (Å²) >= 11 is 1.20. The van der Waals surface area contributed by atoms with Crippen LogP contribution in [0.25, 0.3) is 16.8 Å². The largest absolute Gasteiger partial charge is 0.480 e. The Morgan fingerprint density at radius 1 is 1.18 bits per heavy atom. The molecule has 0 fully saturated rings. The van der Waals surface area contributed by atoms with E-state index in [-0.39, 0.29) is 24.3 Å². The number of allylic oxidation sites excluding steroid dienone is 1. The van der Waals surface area contributed by atoms with Gasteiger partial charge in [0.05, 0.1) is 28.5 Å². The minimum Gasteiger partial charge on any atom is -0.480 e. The predicted octanol–water partition coefficient (Wildman–Crippen LogP) is 4.10. The lowest BCUT2D eigenvalue weighted by atomic mass is 9.96. The van der Waals surface area contributed by atoms with Crippen molar-refractivity contribution in [3.05, 3.63) is 109 Å². The Bertz CT molecular complexity index is 1810. The Kier molecular flexibility index (Phi) is 6.95. The molecule has 0 unspecified atom stereocenters. The van der Waals surface area contributed by atoms with Gasteiger partial charge in [-0.2, -0.15) is 0 Å². The second kappa shape index (κ2) is 10.5. The fraction of sp³-hybridized carbons (Fsp3) is 0.167. The summed E-state index contributed by atoms with van der Waals surface area (Å²) in [6, 6.07) is 16.4. The fourth-order valence-electron chi connectivity index (χ4n) is 4.55. The van der Waals surface area contributed by atoms with Gasteiger partial charge in [0, 0.05) is 5.56 Å². The van der Waals surface area contributed by atoms with Crippen molar-refractivity contribution in [3.63, 3.8) is 0 Å². The number of hydrogen-bond donors (Lipinski definition) is 0. The van der Waals surface area contributed by atoms with E-state index in [1.807, 2.05) is 36.4 Å². The van der Waals surface area contributed by atoms with Crippen molar-refractivity contribution in [1.82, 2.24) is 4.57 Å². The van der Waals surface area contributed by atoms with Gasteiger partial charge in [0.1, 0.15) is 18.2 Å². The van der Waals surface area contributed by atoms with Gasteiger partial charge in [-0.05, 0) is 54.5 Å². The highest BCUT2D eigenvalue weighted by molar-refractivity contribution is 7.07. The molecule has 1 aliphatic heterocycles. The Morgan fingerprint density at radius 3 is 2.68 bits per heavy atom. The SMILES string of the molecule is C#CCOc1ccc2ccccc2c1C=c1sc2n(c1=O)[C@H](c1ccc(F)cc1)C(C(=O)OCC)=C(C)N=2. The molecule has 0 radical (unpaired) electrons. The number of terminal acetylenes is 1. The van der Waals surface area contributed by atoms with E-state index in [1.165, 1.54) is 28.0 Å². The minimum absolute atomic E-state index is 0.0765. The summed E-state index contributed by atoms with van der Waals surface area (Å²) in [6.45, 7) is 3.65. The Hall–Kier alpha value is -4.48. The van der Waals surface area contributed by atoms with E-state index in [9.17, 15) is 14.0 Å². The summed E-state index contributed by atoms with van der Waals surface area (Å²) in [4.78, 5) is 31.9. The summed E-state index contributed by atoms with van der Waals surface area (Å²) in [5.41, 5.74) is 1.62. The van der Waals surface area contributed by atoms with Crippen molar-refractivity contribution in [2.45, 2.75) is 19.9 Å². The number of carbonyl (C=O) groups is 1. The number of rotatable bonds is 6. The molecule has 1 atom stereocenters. The molecule has 3 aromatic carbocycles. The maximum absolute atomic E-state index is 13.9. The second-order valence-electron chi connectivity index (χ2n) is 8.55. The number of carbonyl (C=O) groups excluding carboxylic acids is 1. The number of benzene rings is 3. The standard InChI is InChI=1S/C30H23FN2O4S/c1-4-16-37-24-15-12-19-8-6-7-9-22(19)23(24)17-25-28(34)33-27(20-10-13-21(31)14-11-20)26(29(35)36-5-2)18(3)32-30(33)38-25/h1,6-15,17,27H,5,16H2,2-3H3/t27-/m1/s1. The predicted molar refractivity (Wildman–Crippen MR) is 145 cm³/mol. The minimum atomic E-state index is -0.822. The van der Waals surface area contributed by atoms with Gasteiger partial charge in [0.25, 0.3) is 5.56 Å². The van der Waals surface area contributed by atoms with Crippen LogP contribution in [-0.2, 0) is 9.53 Å². The lowest BCUT2D eigenvalue weighted by molar-refractivity contribution is -0.139. The smallest absolute Gasteiger partial charge is 0.338 e. The van der Waals surface area contributed by atoms with E-state index >= 15 is 0 Å². The Balaban J connectivity index is 1.77. The van der Waals surface area contributed by atoms with Gasteiger partial charge in [-0.15, -0.1) is 6.42 Å². The third-order valence-corrected chi connectivity index (χ3v) is 7.20. The van der Waals surface area contributed by atoms with E-state index in [2.05, 4.69) is 10.9 Å².